The molecule has 10 aromatic rings. The van der Waals surface area contributed by atoms with Crippen molar-refractivity contribution in [2.45, 2.75) is 19.3 Å². The molecule has 0 saturated heterocycles. The molecular formula is C51H36N2. The smallest absolute Gasteiger partial charge is 0.0548 e. The largest absolute Gasteiger partial charge is 0.309 e. The van der Waals surface area contributed by atoms with Crippen LogP contribution in [0, 0.1) is 0 Å². The first kappa shape index (κ1) is 30.0. The van der Waals surface area contributed by atoms with Gasteiger partial charge in [-0.15, -0.1) is 0 Å². The number of benzene rings is 8. The van der Waals surface area contributed by atoms with Crippen molar-refractivity contribution < 1.29 is 0 Å². The number of hydrogen-bond donors (Lipinski definition) is 0. The maximum absolute atomic E-state index is 2.46. The fourth-order valence-electron chi connectivity index (χ4n) is 9.25. The first-order valence-electron chi connectivity index (χ1n) is 18.5. The van der Waals surface area contributed by atoms with E-state index in [4.69, 9.17) is 0 Å². The van der Waals surface area contributed by atoms with Gasteiger partial charge in [0.2, 0.25) is 0 Å². The summed E-state index contributed by atoms with van der Waals surface area (Å²) in [5.74, 6) is 0. The average Bonchev–Trinajstić information content (AvgIpc) is 3.81. The van der Waals surface area contributed by atoms with Crippen LogP contribution in [0.25, 0.3) is 88.4 Å². The lowest BCUT2D eigenvalue weighted by molar-refractivity contribution is 0.660. The Kier molecular flexibility index (Phi) is 6.33. The average molecular weight is 677 g/mol. The zero-order chi connectivity index (χ0) is 35.3. The highest BCUT2D eigenvalue weighted by atomic mass is 15.0. The molecule has 0 spiro atoms. The summed E-state index contributed by atoms with van der Waals surface area (Å²) < 4.78 is 4.90. The predicted octanol–water partition coefficient (Wildman–Crippen LogP) is 13.5. The van der Waals surface area contributed by atoms with E-state index >= 15 is 0 Å². The third-order valence-electron chi connectivity index (χ3n) is 11.7. The van der Waals surface area contributed by atoms with Gasteiger partial charge in [0.1, 0.15) is 0 Å². The molecule has 1 aliphatic rings. The van der Waals surface area contributed by atoms with Gasteiger partial charge in [0, 0.05) is 38.3 Å². The van der Waals surface area contributed by atoms with Crippen molar-refractivity contribution in [3.05, 3.63) is 193 Å². The van der Waals surface area contributed by atoms with E-state index in [1.165, 1.54) is 88.1 Å². The predicted molar refractivity (Wildman–Crippen MR) is 224 cm³/mol. The molecule has 2 heterocycles. The van der Waals surface area contributed by atoms with Crippen LogP contribution < -0.4 is 0 Å². The van der Waals surface area contributed by atoms with E-state index in [1.807, 2.05) is 0 Å². The van der Waals surface area contributed by atoms with Crippen LogP contribution in [0.2, 0.25) is 0 Å². The van der Waals surface area contributed by atoms with Crippen molar-refractivity contribution >= 4 is 43.6 Å². The maximum atomic E-state index is 2.46. The van der Waals surface area contributed by atoms with E-state index in [-0.39, 0.29) is 5.41 Å². The number of aromatic nitrogens is 2. The van der Waals surface area contributed by atoms with Gasteiger partial charge in [-0.25, -0.2) is 0 Å². The van der Waals surface area contributed by atoms with Gasteiger partial charge in [-0.3, -0.25) is 0 Å². The molecular weight excluding hydrogens is 641 g/mol. The molecule has 8 aromatic carbocycles. The molecule has 0 amide bonds. The molecule has 0 radical (unpaired) electrons. The van der Waals surface area contributed by atoms with Gasteiger partial charge in [-0.1, -0.05) is 141 Å². The minimum absolute atomic E-state index is 0.00553. The van der Waals surface area contributed by atoms with Crippen LogP contribution >= 0.6 is 0 Å². The number of nitrogens with zero attached hydrogens (tertiary/aromatic N) is 2. The molecule has 0 bridgehead atoms. The van der Waals surface area contributed by atoms with E-state index in [0.29, 0.717) is 0 Å². The zero-order valence-electron chi connectivity index (χ0n) is 29.7. The molecule has 2 aromatic heterocycles. The van der Waals surface area contributed by atoms with E-state index in [0.717, 1.165) is 11.4 Å². The third-order valence-corrected chi connectivity index (χ3v) is 11.7. The number of fused-ring (bicyclic) bond motifs is 10. The van der Waals surface area contributed by atoms with Crippen LogP contribution in [-0.4, -0.2) is 9.13 Å². The molecule has 250 valence electrons. The second kappa shape index (κ2) is 11.2. The molecule has 0 fully saturated rings. The van der Waals surface area contributed by atoms with E-state index in [1.54, 1.807) is 0 Å². The van der Waals surface area contributed by atoms with Gasteiger partial charge < -0.3 is 9.13 Å². The first-order chi connectivity index (χ1) is 26.1. The summed E-state index contributed by atoms with van der Waals surface area (Å²) >= 11 is 0. The molecule has 0 aliphatic heterocycles. The highest BCUT2D eigenvalue weighted by Gasteiger charge is 2.35. The second-order valence-electron chi connectivity index (χ2n) is 15.0. The third kappa shape index (κ3) is 4.33. The topological polar surface area (TPSA) is 9.86 Å². The Labute approximate surface area is 308 Å². The van der Waals surface area contributed by atoms with Crippen LogP contribution in [0.15, 0.2) is 182 Å². The monoisotopic (exact) mass is 676 g/mol. The van der Waals surface area contributed by atoms with Crippen molar-refractivity contribution in [3.63, 3.8) is 0 Å². The first-order valence-corrected chi connectivity index (χ1v) is 18.5. The van der Waals surface area contributed by atoms with Crippen LogP contribution in [0.5, 0.6) is 0 Å². The summed E-state index contributed by atoms with van der Waals surface area (Å²) in [4.78, 5) is 0. The summed E-state index contributed by atoms with van der Waals surface area (Å²) in [6, 6.07) is 67.0. The fraction of sp³-hybridized carbons (Fsp3) is 0.0588. The van der Waals surface area contributed by atoms with Crippen LogP contribution in [-0.2, 0) is 5.41 Å². The van der Waals surface area contributed by atoms with E-state index < -0.39 is 0 Å². The molecule has 1 aliphatic carbocycles. The lowest BCUT2D eigenvalue weighted by Gasteiger charge is -2.21. The lowest BCUT2D eigenvalue weighted by atomic mass is 9.82. The van der Waals surface area contributed by atoms with E-state index in [2.05, 4.69) is 205 Å². The summed E-state index contributed by atoms with van der Waals surface area (Å²) in [7, 11) is 0. The molecule has 0 unspecified atom stereocenters. The van der Waals surface area contributed by atoms with Crippen molar-refractivity contribution in [1.29, 1.82) is 0 Å². The Bertz CT molecular complexity index is 3080. The Hall–Kier alpha value is -6.64. The Morgan fingerprint density at radius 1 is 0.340 bits per heavy atom. The van der Waals surface area contributed by atoms with Crippen molar-refractivity contribution in [3.8, 4) is 44.8 Å². The SMILES string of the molecule is CC1(C)c2ccccc2-c2cc(-c3cccc(-n4c5ccccc5c5c6c7ccccc7n(-c7cccc(-c8ccccc8)c7)c6ccc54)c3)ccc21. The van der Waals surface area contributed by atoms with Gasteiger partial charge in [-0.2, -0.15) is 0 Å². The maximum Gasteiger partial charge on any atom is 0.0548 e. The molecule has 0 atom stereocenters. The Balaban J connectivity index is 1.12. The van der Waals surface area contributed by atoms with Gasteiger partial charge in [0.25, 0.3) is 0 Å². The van der Waals surface area contributed by atoms with Crippen molar-refractivity contribution in [1.82, 2.24) is 9.13 Å². The normalized spacial score (nSPS) is 13.2. The second-order valence-corrected chi connectivity index (χ2v) is 15.0. The molecule has 53 heavy (non-hydrogen) atoms. The van der Waals surface area contributed by atoms with Gasteiger partial charge in [-0.05, 0) is 99.1 Å². The van der Waals surface area contributed by atoms with E-state index in [9.17, 15) is 0 Å². The summed E-state index contributed by atoms with van der Waals surface area (Å²) in [5.41, 5.74) is 17.5. The summed E-state index contributed by atoms with van der Waals surface area (Å²) in [6.07, 6.45) is 0. The minimum atomic E-state index is -0.00553. The number of para-hydroxylation sites is 2. The van der Waals surface area contributed by atoms with Crippen LogP contribution in [0.3, 0.4) is 0 Å². The zero-order valence-corrected chi connectivity index (χ0v) is 29.7. The molecule has 11 rings (SSSR count). The molecule has 2 heteroatoms. The highest BCUT2D eigenvalue weighted by molar-refractivity contribution is 6.29. The molecule has 0 saturated carbocycles. The molecule has 0 N–H and O–H groups in total. The fourth-order valence-corrected chi connectivity index (χ4v) is 9.25. The molecule has 2 nitrogen and oxygen atoms in total. The Morgan fingerprint density at radius 2 is 0.830 bits per heavy atom. The summed E-state index contributed by atoms with van der Waals surface area (Å²) in [5, 5.41) is 5.09. The van der Waals surface area contributed by atoms with Crippen molar-refractivity contribution in [2.24, 2.45) is 0 Å². The highest BCUT2D eigenvalue weighted by Crippen LogP contribution is 2.50. The number of hydrogen-bond acceptors (Lipinski definition) is 0. The quantitative estimate of drug-likeness (QED) is 0.176. The number of rotatable bonds is 4. The van der Waals surface area contributed by atoms with Crippen LogP contribution in [0.4, 0.5) is 0 Å². The van der Waals surface area contributed by atoms with Gasteiger partial charge >= 0.3 is 0 Å². The van der Waals surface area contributed by atoms with Gasteiger partial charge in [0.05, 0.1) is 22.1 Å². The lowest BCUT2D eigenvalue weighted by Crippen LogP contribution is -2.14. The van der Waals surface area contributed by atoms with Crippen LogP contribution in [0.1, 0.15) is 25.0 Å². The summed E-state index contributed by atoms with van der Waals surface area (Å²) in [6.45, 7) is 4.69. The van der Waals surface area contributed by atoms with Crippen molar-refractivity contribution in [2.75, 3.05) is 0 Å². The minimum Gasteiger partial charge on any atom is -0.309 e. The van der Waals surface area contributed by atoms with Gasteiger partial charge in [0.15, 0.2) is 0 Å². The standard InChI is InChI=1S/C51H36N2/c1-51(2)43-23-9-6-20-39(43)42-32-36(26-27-44(42)51)35-17-13-19-38(31-35)53-46-25-11-8-22-41(46)50-48(53)29-28-47-49(50)40-21-7-10-24-45(40)52(47)37-18-12-16-34(30-37)33-14-4-3-5-15-33/h3-32H,1-2H3. The Morgan fingerprint density at radius 3 is 1.47 bits per heavy atom.